The lowest BCUT2D eigenvalue weighted by Gasteiger charge is -2.01. The molecule has 0 aliphatic rings. The third-order valence-electron chi connectivity index (χ3n) is 1.69. The molecule has 164 valence electrons. The molecule has 0 saturated carbocycles. The first-order valence-corrected chi connectivity index (χ1v) is 8.62. The summed E-state index contributed by atoms with van der Waals surface area (Å²) in [7, 11) is 0. The highest BCUT2D eigenvalue weighted by atomic mass is 16.5. The van der Waals surface area contributed by atoms with Gasteiger partial charge in [0, 0.05) is 13.2 Å². The summed E-state index contributed by atoms with van der Waals surface area (Å²) in [6.45, 7) is 7.32. The summed E-state index contributed by atoms with van der Waals surface area (Å²) in [4.78, 5) is 0. The van der Waals surface area contributed by atoms with Crippen LogP contribution in [0.1, 0.15) is 13.8 Å². The second-order valence-electron chi connectivity index (χ2n) is 3.98. The van der Waals surface area contributed by atoms with Gasteiger partial charge in [-0.25, -0.2) is 0 Å². The highest BCUT2D eigenvalue weighted by Gasteiger charge is 1.87. The third-order valence-corrected chi connectivity index (χ3v) is 1.69. The minimum Gasteiger partial charge on any atom is -0.397 e. The van der Waals surface area contributed by atoms with Crippen molar-refractivity contribution in [3.05, 3.63) is 0 Å². The highest BCUT2D eigenvalue weighted by Crippen LogP contribution is 1.77. The van der Waals surface area contributed by atoms with E-state index < -0.39 is 0 Å². The summed E-state index contributed by atoms with van der Waals surface area (Å²) < 4.78 is 19.5. The summed E-state index contributed by atoms with van der Waals surface area (Å²) >= 11 is 0. The molecule has 0 aromatic carbocycles. The Hall–Kier alpha value is -0.400. The van der Waals surface area contributed by atoms with Gasteiger partial charge in [-0.2, -0.15) is 0 Å². The van der Waals surface area contributed by atoms with Crippen LogP contribution in [0.3, 0.4) is 0 Å². The molecule has 0 heterocycles. The maximum absolute atomic E-state index is 8.26. The number of hydrogen-bond donors (Lipinski definition) is 6. The fourth-order valence-corrected chi connectivity index (χ4v) is 0.902. The number of ether oxygens (including phenoxy) is 4. The number of rotatable bonds is 14. The van der Waals surface area contributed by atoms with E-state index in [1.54, 1.807) is 13.8 Å². The van der Waals surface area contributed by atoms with Crippen molar-refractivity contribution >= 4 is 0 Å². The molecule has 0 rings (SSSR count). The van der Waals surface area contributed by atoms with Crippen LogP contribution in [0.5, 0.6) is 0 Å². The van der Waals surface area contributed by atoms with Crippen molar-refractivity contribution in [3.63, 3.8) is 0 Å². The first-order chi connectivity index (χ1) is 12.7. The van der Waals surface area contributed by atoms with Crippen LogP contribution in [0, 0.1) is 0 Å². The lowest BCUT2D eigenvalue weighted by Crippen LogP contribution is -2.09. The topological polar surface area (TPSA) is 158 Å². The molecule has 0 saturated heterocycles. The average Bonchev–Trinajstić information content (AvgIpc) is 2.63. The van der Waals surface area contributed by atoms with Crippen molar-refractivity contribution in [2.45, 2.75) is 13.8 Å². The standard InChI is InChI=1S/2C6H14O4.2C2H6O/c2*7-1-3-9-5-6-10-4-2-8;2*1-2-3/h2*7-8H,1-6H2;2*3H,2H2,1H3. The first-order valence-electron chi connectivity index (χ1n) is 8.62. The van der Waals surface area contributed by atoms with E-state index >= 15 is 0 Å². The van der Waals surface area contributed by atoms with Crippen LogP contribution < -0.4 is 0 Å². The zero-order valence-corrected chi connectivity index (χ0v) is 16.2. The van der Waals surface area contributed by atoms with Gasteiger partial charge in [-0.3, -0.25) is 0 Å². The smallest absolute Gasteiger partial charge is 0.0701 e. The van der Waals surface area contributed by atoms with Crippen LogP contribution in [-0.4, -0.2) is 123 Å². The van der Waals surface area contributed by atoms with Crippen LogP contribution in [0.2, 0.25) is 0 Å². The van der Waals surface area contributed by atoms with Crippen LogP contribution in [-0.2, 0) is 18.9 Å². The minimum atomic E-state index is 0.0417. The van der Waals surface area contributed by atoms with E-state index in [4.69, 9.17) is 49.6 Å². The lowest BCUT2D eigenvalue weighted by molar-refractivity contribution is 0.0222. The third kappa shape index (κ3) is 65.2. The molecule has 10 nitrogen and oxygen atoms in total. The monoisotopic (exact) mass is 392 g/mol. The Morgan fingerprint density at radius 3 is 0.654 bits per heavy atom. The molecule has 0 aliphatic carbocycles. The van der Waals surface area contributed by atoms with Crippen LogP contribution in [0.4, 0.5) is 0 Å². The molecule has 0 aromatic heterocycles. The van der Waals surface area contributed by atoms with Gasteiger partial charge in [0.2, 0.25) is 0 Å². The molecule has 6 N–H and O–H groups in total. The number of aliphatic hydroxyl groups excluding tert-OH is 6. The van der Waals surface area contributed by atoms with E-state index in [1.165, 1.54) is 0 Å². The number of aliphatic hydroxyl groups is 6. The zero-order valence-electron chi connectivity index (χ0n) is 16.2. The zero-order chi connectivity index (χ0) is 20.7. The molecule has 0 amide bonds. The number of hydrogen-bond acceptors (Lipinski definition) is 10. The van der Waals surface area contributed by atoms with Crippen LogP contribution in [0.15, 0.2) is 0 Å². The highest BCUT2D eigenvalue weighted by molar-refractivity contribution is 4.31. The Morgan fingerprint density at radius 1 is 0.385 bits per heavy atom. The molecular weight excluding hydrogens is 352 g/mol. The maximum atomic E-state index is 8.26. The summed E-state index contributed by atoms with van der Waals surface area (Å²) in [5, 5.41) is 48.2. The molecule has 0 aromatic rings. The Bertz CT molecular complexity index is 141. The van der Waals surface area contributed by atoms with Gasteiger partial charge in [-0.1, -0.05) is 0 Å². The normalized spacial score (nSPS) is 9.23. The first kappa shape index (κ1) is 33.2. The summed E-state index contributed by atoms with van der Waals surface area (Å²) in [5.41, 5.74) is 0. The molecule has 0 unspecified atom stereocenters. The maximum Gasteiger partial charge on any atom is 0.0701 e. The van der Waals surface area contributed by atoms with Gasteiger partial charge in [0.15, 0.2) is 0 Å². The Labute approximate surface area is 156 Å². The molecule has 0 radical (unpaired) electrons. The van der Waals surface area contributed by atoms with Crippen LogP contribution >= 0.6 is 0 Å². The van der Waals surface area contributed by atoms with Crippen molar-refractivity contribution in [1.29, 1.82) is 0 Å². The van der Waals surface area contributed by atoms with Gasteiger partial charge in [0.25, 0.3) is 0 Å². The van der Waals surface area contributed by atoms with Crippen molar-refractivity contribution in [1.82, 2.24) is 0 Å². The minimum absolute atomic E-state index is 0.0417. The fraction of sp³-hybridized carbons (Fsp3) is 1.00. The van der Waals surface area contributed by atoms with Gasteiger partial charge in [0.1, 0.15) is 0 Å². The van der Waals surface area contributed by atoms with Gasteiger partial charge in [-0.05, 0) is 13.8 Å². The van der Waals surface area contributed by atoms with E-state index in [0.29, 0.717) is 52.9 Å². The second-order valence-corrected chi connectivity index (χ2v) is 3.98. The predicted molar refractivity (Wildman–Crippen MR) is 97.1 cm³/mol. The van der Waals surface area contributed by atoms with Gasteiger partial charge < -0.3 is 49.6 Å². The Balaban J connectivity index is -0.000000143. The van der Waals surface area contributed by atoms with Crippen molar-refractivity contribution in [2.75, 3.05) is 92.5 Å². The fourth-order valence-electron chi connectivity index (χ4n) is 0.902. The molecule has 26 heavy (non-hydrogen) atoms. The Morgan fingerprint density at radius 2 is 0.538 bits per heavy atom. The summed E-state index contributed by atoms with van der Waals surface area (Å²) in [6.07, 6.45) is 0. The quantitative estimate of drug-likeness (QED) is 0.183. The SMILES string of the molecule is CCO.CCO.OCCOCCOCCO.OCCOCCOCCO. The molecule has 0 spiro atoms. The van der Waals surface area contributed by atoms with Gasteiger partial charge in [-0.15, -0.1) is 0 Å². The summed E-state index contributed by atoms with van der Waals surface area (Å²) in [5.74, 6) is 0. The average molecular weight is 392 g/mol. The molecule has 0 fully saturated rings. The molecule has 0 bridgehead atoms. The van der Waals surface area contributed by atoms with Crippen molar-refractivity contribution < 1.29 is 49.6 Å². The molecule has 0 atom stereocenters. The largest absolute Gasteiger partial charge is 0.397 e. The van der Waals surface area contributed by atoms with E-state index in [0.717, 1.165) is 0 Å². The molecular formula is C16H40O10. The molecule has 10 heteroatoms. The van der Waals surface area contributed by atoms with Crippen LogP contribution in [0.25, 0.3) is 0 Å². The van der Waals surface area contributed by atoms with Crippen molar-refractivity contribution in [2.24, 2.45) is 0 Å². The van der Waals surface area contributed by atoms with Gasteiger partial charge >= 0.3 is 0 Å². The summed E-state index contributed by atoms with van der Waals surface area (Å²) in [6, 6.07) is 0. The van der Waals surface area contributed by atoms with E-state index in [2.05, 4.69) is 0 Å². The van der Waals surface area contributed by atoms with E-state index in [9.17, 15) is 0 Å². The van der Waals surface area contributed by atoms with E-state index in [1.807, 2.05) is 0 Å². The van der Waals surface area contributed by atoms with Gasteiger partial charge in [0.05, 0.1) is 79.3 Å². The van der Waals surface area contributed by atoms with E-state index in [-0.39, 0.29) is 39.6 Å². The lowest BCUT2D eigenvalue weighted by atomic mass is 10.7. The second kappa shape index (κ2) is 44.2. The Kier molecular flexibility index (Phi) is 56.5. The van der Waals surface area contributed by atoms with Crippen molar-refractivity contribution in [3.8, 4) is 0 Å². The molecule has 0 aliphatic heterocycles. The predicted octanol–water partition coefficient (Wildman–Crippen LogP) is -1.99.